The number of thiocarbonyl (C=S) groups is 1. The molecule has 0 saturated carbocycles. The van der Waals surface area contributed by atoms with E-state index in [1.165, 1.54) is 17.3 Å². The monoisotopic (exact) mass is 408 g/mol. The van der Waals surface area contributed by atoms with Gasteiger partial charge in [-0.1, -0.05) is 78.9 Å². The first-order chi connectivity index (χ1) is 13.5. The van der Waals surface area contributed by atoms with Crippen LogP contribution < -0.4 is 4.90 Å². The van der Waals surface area contributed by atoms with Gasteiger partial charge in [-0.25, -0.2) is 0 Å². The lowest BCUT2D eigenvalue weighted by atomic mass is 10.1. The quantitative estimate of drug-likeness (QED) is 0.551. The fourth-order valence-electron chi connectivity index (χ4n) is 3.50. The van der Waals surface area contributed by atoms with Crippen LogP contribution in [-0.4, -0.2) is 27.6 Å². The van der Waals surface area contributed by atoms with Crippen LogP contribution in [0.3, 0.4) is 0 Å². The highest BCUT2D eigenvalue weighted by atomic mass is 32.2. The van der Waals surface area contributed by atoms with Crippen molar-refractivity contribution in [3.8, 4) is 0 Å². The molecule has 0 spiro atoms. The molecule has 1 saturated heterocycles. The molecule has 0 aliphatic carbocycles. The summed E-state index contributed by atoms with van der Waals surface area (Å²) in [6, 6.07) is 15.8. The van der Waals surface area contributed by atoms with E-state index in [4.69, 9.17) is 12.2 Å². The smallest absolute Gasteiger partial charge is 0.267 e. The Bertz CT molecular complexity index is 1010. The van der Waals surface area contributed by atoms with Crippen molar-refractivity contribution in [1.29, 1.82) is 0 Å². The van der Waals surface area contributed by atoms with Gasteiger partial charge in [-0.2, -0.15) is 0 Å². The second kappa shape index (κ2) is 7.53. The van der Waals surface area contributed by atoms with Gasteiger partial charge in [0.05, 0.1) is 22.7 Å². The van der Waals surface area contributed by atoms with Gasteiger partial charge in [-0.3, -0.25) is 14.5 Å². The second-order valence-corrected chi connectivity index (χ2v) is 8.57. The molecular weight excluding hydrogens is 388 g/mol. The highest BCUT2D eigenvalue weighted by Gasteiger charge is 2.41. The number of para-hydroxylation sites is 1. The highest BCUT2D eigenvalue weighted by molar-refractivity contribution is 8.26. The molecule has 2 aromatic rings. The number of carbonyl (C=O) groups excluding carboxylic acids is 2. The summed E-state index contributed by atoms with van der Waals surface area (Å²) in [5, 5.41) is 0. The van der Waals surface area contributed by atoms with Gasteiger partial charge in [0.1, 0.15) is 4.32 Å². The Morgan fingerprint density at radius 1 is 0.964 bits per heavy atom. The van der Waals surface area contributed by atoms with Gasteiger partial charge < -0.3 is 4.90 Å². The van der Waals surface area contributed by atoms with Crippen molar-refractivity contribution in [2.45, 2.75) is 26.8 Å². The summed E-state index contributed by atoms with van der Waals surface area (Å²) < 4.78 is 0.525. The van der Waals surface area contributed by atoms with Gasteiger partial charge in [-0.15, -0.1) is 0 Å². The third kappa shape index (κ3) is 3.16. The van der Waals surface area contributed by atoms with Crippen LogP contribution in [0.2, 0.25) is 0 Å². The van der Waals surface area contributed by atoms with E-state index in [-0.39, 0.29) is 11.8 Å². The van der Waals surface area contributed by atoms with Crippen molar-refractivity contribution in [2.75, 3.05) is 11.4 Å². The lowest BCUT2D eigenvalue weighted by Gasteiger charge is -2.17. The standard InChI is InChI=1S/C22H20N2O2S2/c1-3-12-23-21(26)19(28-22(23)27)18-16-6-4-5-7-17(16)24(20(18)25)13-15-10-8-14(2)9-11-15/h4-11H,3,12-13H2,1-2H3/b19-18-. The molecule has 0 unspecified atom stereocenters. The van der Waals surface area contributed by atoms with Gasteiger partial charge in [0.15, 0.2) is 0 Å². The predicted octanol–water partition coefficient (Wildman–Crippen LogP) is 4.52. The second-order valence-electron chi connectivity index (χ2n) is 6.92. The van der Waals surface area contributed by atoms with Crippen LogP contribution >= 0.6 is 24.0 Å². The topological polar surface area (TPSA) is 40.6 Å². The number of hydrogen-bond donors (Lipinski definition) is 0. The molecule has 142 valence electrons. The van der Waals surface area contributed by atoms with E-state index < -0.39 is 0 Å². The fraction of sp³-hybridized carbons (Fsp3) is 0.227. The zero-order chi connectivity index (χ0) is 19.8. The summed E-state index contributed by atoms with van der Waals surface area (Å²) in [5.41, 5.74) is 4.34. The van der Waals surface area contributed by atoms with Crippen molar-refractivity contribution in [3.63, 3.8) is 0 Å². The van der Waals surface area contributed by atoms with Crippen LogP contribution in [-0.2, 0) is 16.1 Å². The van der Waals surface area contributed by atoms with E-state index in [1.807, 2.05) is 62.4 Å². The van der Waals surface area contributed by atoms with Gasteiger partial charge in [0, 0.05) is 12.1 Å². The number of fused-ring (bicyclic) bond motifs is 1. The van der Waals surface area contributed by atoms with Crippen LogP contribution in [0.1, 0.15) is 30.0 Å². The molecule has 0 N–H and O–H groups in total. The minimum atomic E-state index is -0.160. The number of hydrogen-bond acceptors (Lipinski definition) is 4. The zero-order valence-electron chi connectivity index (χ0n) is 15.8. The van der Waals surface area contributed by atoms with Crippen molar-refractivity contribution < 1.29 is 9.59 Å². The number of aryl methyl sites for hydroxylation is 1. The SMILES string of the molecule is CCCN1C(=O)/C(=C2/C(=O)N(Cc3ccc(C)cc3)c3ccccc32)SC1=S. The van der Waals surface area contributed by atoms with Crippen LogP contribution in [0.25, 0.3) is 5.57 Å². The first kappa shape index (κ1) is 18.9. The van der Waals surface area contributed by atoms with Crippen LogP contribution in [0.4, 0.5) is 5.69 Å². The molecule has 2 amide bonds. The third-order valence-corrected chi connectivity index (χ3v) is 6.36. The number of thioether (sulfide) groups is 1. The Kier molecular flexibility index (Phi) is 5.08. The molecule has 1 fully saturated rings. The maximum atomic E-state index is 13.4. The summed E-state index contributed by atoms with van der Waals surface area (Å²) in [6.45, 7) is 5.08. The molecular formula is C22H20N2O2S2. The van der Waals surface area contributed by atoms with Crippen LogP contribution in [0.5, 0.6) is 0 Å². The summed E-state index contributed by atoms with van der Waals surface area (Å²) in [5.74, 6) is -0.300. The van der Waals surface area contributed by atoms with Gasteiger partial charge >= 0.3 is 0 Å². The Morgan fingerprint density at radius 2 is 1.68 bits per heavy atom. The van der Waals surface area contributed by atoms with E-state index in [1.54, 1.807) is 9.80 Å². The lowest BCUT2D eigenvalue weighted by molar-refractivity contribution is -0.122. The summed E-state index contributed by atoms with van der Waals surface area (Å²) in [6.07, 6.45) is 0.819. The number of rotatable bonds is 4. The van der Waals surface area contributed by atoms with Crippen molar-refractivity contribution >= 4 is 51.4 Å². The average Bonchev–Trinajstić information content (AvgIpc) is 3.12. The predicted molar refractivity (Wildman–Crippen MR) is 118 cm³/mol. The summed E-state index contributed by atoms with van der Waals surface area (Å²) in [7, 11) is 0. The van der Waals surface area contributed by atoms with Gasteiger partial charge in [-0.05, 0) is 25.0 Å². The minimum Gasteiger partial charge on any atom is -0.303 e. The van der Waals surface area contributed by atoms with Crippen molar-refractivity contribution in [2.24, 2.45) is 0 Å². The molecule has 0 radical (unpaired) electrons. The zero-order valence-corrected chi connectivity index (χ0v) is 17.4. The number of benzene rings is 2. The molecule has 0 bridgehead atoms. The normalized spacial score (nSPS) is 19.0. The maximum absolute atomic E-state index is 13.4. The van der Waals surface area contributed by atoms with E-state index in [0.29, 0.717) is 27.9 Å². The van der Waals surface area contributed by atoms with Gasteiger partial charge in [0.25, 0.3) is 11.8 Å². The molecule has 2 aromatic carbocycles. The number of nitrogens with zero attached hydrogens (tertiary/aromatic N) is 2. The average molecular weight is 409 g/mol. The van der Waals surface area contributed by atoms with E-state index in [0.717, 1.165) is 23.2 Å². The molecule has 28 heavy (non-hydrogen) atoms. The van der Waals surface area contributed by atoms with E-state index in [9.17, 15) is 9.59 Å². The van der Waals surface area contributed by atoms with Crippen molar-refractivity contribution in [1.82, 2.24) is 4.90 Å². The first-order valence-corrected chi connectivity index (χ1v) is 10.5. The molecule has 0 atom stereocenters. The number of amides is 2. The molecule has 2 heterocycles. The van der Waals surface area contributed by atoms with Crippen molar-refractivity contribution in [3.05, 3.63) is 70.1 Å². The summed E-state index contributed by atoms with van der Waals surface area (Å²) >= 11 is 6.62. The first-order valence-electron chi connectivity index (χ1n) is 9.26. The molecule has 6 heteroatoms. The molecule has 4 nitrogen and oxygen atoms in total. The van der Waals surface area contributed by atoms with E-state index >= 15 is 0 Å². The van der Waals surface area contributed by atoms with E-state index in [2.05, 4.69) is 0 Å². The third-order valence-electron chi connectivity index (χ3n) is 4.91. The molecule has 2 aliphatic heterocycles. The Hall–Kier alpha value is -2.44. The van der Waals surface area contributed by atoms with Gasteiger partial charge in [0.2, 0.25) is 0 Å². The number of anilines is 1. The Labute approximate surface area is 174 Å². The van der Waals surface area contributed by atoms with Crippen LogP contribution in [0.15, 0.2) is 53.4 Å². The molecule has 4 rings (SSSR count). The number of carbonyl (C=O) groups is 2. The molecule has 2 aliphatic rings. The minimum absolute atomic E-state index is 0.140. The maximum Gasteiger partial charge on any atom is 0.267 e. The fourth-order valence-corrected chi connectivity index (χ4v) is 4.88. The summed E-state index contributed by atoms with van der Waals surface area (Å²) in [4.78, 5) is 30.1. The Balaban J connectivity index is 1.76. The van der Waals surface area contributed by atoms with Crippen LogP contribution in [0, 0.1) is 6.92 Å². The Morgan fingerprint density at radius 3 is 2.39 bits per heavy atom. The molecule has 0 aromatic heterocycles. The highest BCUT2D eigenvalue weighted by Crippen LogP contribution is 2.44. The largest absolute Gasteiger partial charge is 0.303 e. The lowest BCUT2D eigenvalue weighted by Crippen LogP contribution is -2.29.